The maximum absolute atomic E-state index is 11.2. The molecule has 0 saturated carbocycles. The molecular weight excluding hydrogens is 244 g/mol. The molecule has 0 N–H and O–H groups in total. The van der Waals surface area contributed by atoms with Gasteiger partial charge in [0.2, 0.25) is 11.8 Å². The fourth-order valence-corrected chi connectivity index (χ4v) is 1.73. The summed E-state index contributed by atoms with van der Waals surface area (Å²) >= 11 is 0. The normalized spacial score (nSPS) is 20.4. The number of amides is 4. The number of carbonyl (C=O) groups is 4. The quantitative estimate of drug-likeness (QED) is 0.275. The number of rotatable bonds is 5. The fourth-order valence-electron chi connectivity index (χ4n) is 1.73. The molecule has 2 fully saturated rings. The van der Waals surface area contributed by atoms with E-state index < -0.39 is 11.8 Å². The van der Waals surface area contributed by atoms with Crippen molar-refractivity contribution in [2.24, 2.45) is 0 Å². The topological polar surface area (TPSA) is 93.2 Å². The van der Waals surface area contributed by atoms with E-state index in [0.29, 0.717) is 5.06 Å². The third kappa shape index (κ3) is 2.54. The molecule has 8 nitrogen and oxygen atoms in total. The van der Waals surface area contributed by atoms with Crippen molar-refractivity contribution < 1.29 is 29.1 Å². The summed E-state index contributed by atoms with van der Waals surface area (Å²) in [5, 5.41) is 0.549. The molecule has 0 aromatic carbocycles. The van der Waals surface area contributed by atoms with Gasteiger partial charge in [-0.1, -0.05) is 0 Å². The van der Waals surface area contributed by atoms with Crippen LogP contribution in [0.4, 0.5) is 0 Å². The van der Waals surface area contributed by atoms with Crippen LogP contribution in [0.5, 0.6) is 0 Å². The van der Waals surface area contributed by atoms with E-state index in [9.17, 15) is 19.2 Å². The summed E-state index contributed by atoms with van der Waals surface area (Å²) in [6, 6.07) is 0. The van der Waals surface area contributed by atoms with E-state index in [1.165, 1.54) is 0 Å². The van der Waals surface area contributed by atoms with Crippen molar-refractivity contribution in [3.63, 3.8) is 0 Å². The van der Waals surface area contributed by atoms with Crippen LogP contribution in [0.1, 0.15) is 25.7 Å². The third-order valence-electron chi connectivity index (χ3n) is 2.69. The van der Waals surface area contributed by atoms with Gasteiger partial charge in [0.25, 0.3) is 11.8 Å². The van der Waals surface area contributed by atoms with Gasteiger partial charge in [-0.15, -0.1) is 10.1 Å². The van der Waals surface area contributed by atoms with Crippen LogP contribution < -0.4 is 0 Å². The zero-order valence-electron chi connectivity index (χ0n) is 9.59. The van der Waals surface area contributed by atoms with Gasteiger partial charge in [-0.3, -0.25) is 24.1 Å². The minimum Gasteiger partial charge on any atom is -0.280 e. The Kier molecular flexibility index (Phi) is 3.68. The molecule has 0 radical (unpaired) electrons. The van der Waals surface area contributed by atoms with Crippen molar-refractivity contribution in [3.05, 3.63) is 0 Å². The van der Waals surface area contributed by atoms with E-state index in [0.717, 1.165) is 4.90 Å². The summed E-state index contributed by atoms with van der Waals surface area (Å²) < 4.78 is 0. The number of hydrogen-bond acceptors (Lipinski definition) is 6. The molecule has 2 rings (SSSR count). The Balaban J connectivity index is 1.70. The van der Waals surface area contributed by atoms with Gasteiger partial charge >= 0.3 is 0 Å². The van der Waals surface area contributed by atoms with E-state index in [4.69, 9.17) is 0 Å². The van der Waals surface area contributed by atoms with Crippen LogP contribution in [0.2, 0.25) is 0 Å². The molecule has 0 unspecified atom stereocenters. The SMILES string of the molecule is O=C1CCC(=O)N1CCOON1C(=O)CCC1=O. The highest BCUT2D eigenvalue weighted by Gasteiger charge is 2.32. The smallest absolute Gasteiger partial charge is 0.256 e. The summed E-state index contributed by atoms with van der Waals surface area (Å²) in [5.74, 6) is -1.43. The molecule has 18 heavy (non-hydrogen) atoms. The van der Waals surface area contributed by atoms with Gasteiger partial charge in [-0.2, -0.15) is 0 Å². The lowest BCUT2D eigenvalue weighted by atomic mass is 10.4. The Labute approximate surface area is 102 Å². The Morgan fingerprint density at radius 2 is 1.33 bits per heavy atom. The number of imide groups is 2. The molecule has 2 aliphatic heterocycles. The molecule has 0 atom stereocenters. The van der Waals surface area contributed by atoms with Crippen LogP contribution in [0.15, 0.2) is 0 Å². The van der Waals surface area contributed by atoms with E-state index in [1.54, 1.807) is 0 Å². The van der Waals surface area contributed by atoms with Crippen molar-refractivity contribution in [3.8, 4) is 0 Å². The first-order valence-corrected chi connectivity index (χ1v) is 5.58. The second-order valence-corrected chi connectivity index (χ2v) is 3.92. The van der Waals surface area contributed by atoms with E-state index in [1.807, 2.05) is 0 Å². The standard InChI is InChI=1S/C10H12N2O6/c13-7-1-2-8(14)11(7)5-6-17-18-12-9(15)3-4-10(12)16/h1-6H2. The largest absolute Gasteiger partial charge is 0.280 e. The summed E-state index contributed by atoms with van der Waals surface area (Å²) in [5.41, 5.74) is 0. The number of hydroxylamine groups is 2. The third-order valence-corrected chi connectivity index (χ3v) is 2.69. The fraction of sp³-hybridized carbons (Fsp3) is 0.600. The lowest BCUT2D eigenvalue weighted by Crippen LogP contribution is -2.34. The number of hydrogen-bond donors (Lipinski definition) is 0. The average molecular weight is 256 g/mol. The Hall–Kier alpha value is -1.80. The maximum atomic E-state index is 11.2. The zero-order valence-corrected chi connectivity index (χ0v) is 9.59. The molecule has 0 aliphatic carbocycles. The van der Waals surface area contributed by atoms with Gasteiger partial charge in [0.05, 0.1) is 6.54 Å². The molecule has 8 heteroatoms. The average Bonchev–Trinajstić information content (AvgIpc) is 2.82. The monoisotopic (exact) mass is 256 g/mol. The van der Waals surface area contributed by atoms with Crippen LogP contribution in [0.3, 0.4) is 0 Å². The molecule has 0 aromatic rings. The van der Waals surface area contributed by atoms with Gasteiger partial charge in [-0.25, -0.2) is 4.89 Å². The van der Waals surface area contributed by atoms with E-state index in [-0.39, 0.29) is 50.6 Å². The van der Waals surface area contributed by atoms with Crippen LogP contribution >= 0.6 is 0 Å². The number of likely N-dealkylation sites (tertiary alicyclic amines) is 1. The molecule has 98 valence electrons. The van der Waals surface area contributed by atoms with Gasteiger partial charge < -0.3 is 0 Å². The molecule has 2 heterocycles. The van der Waals surface area contributed by atoms with E-state index in [2.05, 4.69) is 9.88 Å². The summed E-state index contributed by atoms with van der Waals surface area (Å²) in [7, 11) is 0. The number of nitrogens with zero attached hydrogens (tertiary/aromatic N) is 2. The van der Waals surface area contributed by atoms with Crippen LogP contribution in [0.25, 0.3) is 0 Å². The summed E-state index contributed by atoms with van der Waals surface area (Å²) in [6.45, 7) is -0.0393. The van der Waals surface area contributed by atoms with Crippen molar-refractivity contribution in [1.29, 1.82) is 0 Å². The summed E-state index contributed by atoms with van der Waals surface area (Å²) in [4.78, 5) is 55.0. The van der Waals surface area contributed by atoms with Crippen LogP contribution in [0, 0.1) is 0 Å². The second kappa shape index (κ2) is 5.23. The number of carbonyl (C=O) groups excluding carboxylic acids is 4. The first kappa shape index (κ1) is 12.7. The Morgan fingerprint density at radius 1 is 0.833 bits per heavy atom. The first-order chi connectivity index (χ1) is 8.59. The maximum Gasteiger partial charge on any atom is 0.256 e. The minimum atomic E-state index is -0.465. The van der Waals surface area contributed by atoms with Gasteiger partial charge in [-0.05, 0) is 0 Å². The second-order valence-electron chi connectivity index (χ2n) is 3.92. The first-order valence-electron chi connectivity index (χ1n) is 5.58. The molecular formula is C10H12N2O6. The molecule has 0 bridgehead atoms. The highest BCUT2D eigenvalue weighted by molar-refractivity contribution is 6.02. The predicted octanol–water partition coefficient (Wildman–Crippen LogP) is -0.852. The van der Waals surface area contributed by atoms with Gasteiger partial charge in [0, 0.05) is 25.7 Å². The Morgan fingerprint density at radius 3 is 1.89 bits per heavy atom. The van der Waals surface area contributed by atoms with Crippen molar-refractivity contribution in [2.45, 2.75) is 25.7 Å². The highest BCUT2D eigenvalue weighted by Crippen LogP contribution is 2.13. The lowest BCUT2D eigenvalue weighted by Gasteiger charge is -2.15. The minimum absolute atomic E-state index is 0.0495. The van der Waals surface area contributed by atoms with Crippen molar-refractivity contribution in [1.82, 2.24) is 9.96 Å². The van der Waals surface area contributed by atoms with Crippen molar-refractivity contribution in [2.75, 3.05) is 13.2 Å². The van der Waals surface area contributed by atoms with Crippen LogP contribution in [-0.2, 0) is 29.1 Å². The molecule has 0 spiro atoms. The molecule has 0 aromatic heterocycles. The Bertz CT molecular complexity index is 337. The van der Waals surface area contributed by atoms with Gasteiger partial charge in [0.15, 0.2) is 0 Å². The van der Waals surface area contributed by atoms with Crippen molar-refractivity contribution >= 4 is 23.6 Å². The highest BCUT2D eigenvalue weighted by atomic mass is 17.3. The lowest BCUT2D eigenvalue weighted by molar-refractivity contribution is -0.393. The predicted molar refractivity (Wildman–Crippen MR) is 54.1 cm³/mol. The zero-order chi connectivity index (χ0) is 13.1. The van der Waals surface area contributed by atoms with E-state index >= 15 is 0 Å². The van der Waals surface area contributed by atoms with Gasteiger partial charge in [0.1, 0.15) is 6.61 Å². The molecule has 2 aliphatic rings. The van der Waals surface area contributed by atoms with Crippen LogP contribution in [-0.4, -0.2) is 46.7 Å². The molecule has 2 saturated heterocycles. The summed E-state index contributed by atoms with van der Waals surface area (Å²) in [6.07, 6.45) is 0.627. The molecule has 4 amide bonds.